The molecule has 3 aliphatic rings. The number of carbonyl (C=O) groups excluding carboxylic acids is 1. The molecule has 0 spiro atoms. The minimum Gasteiger partial charge on any atom is -0.335 e. The zero-order chi connectivity index (χ0) is 21.4. The monoisotopic (exact) mass is 419 g/mol. The lowest BCUT2D eigenvalue weighted by atomic mass is 9.90. The molecule has 1 aliphatic heterocycles. The average molecular weight is 420 g/mol. The molecule has 1 aromatic carbocycles. The van der Waals surface area contributed by atoms with Crippen LogP contribution in [0.3, 0.4) is 0 Å². The smallest absolute Gasteiger partial charge is 0.274 e. The summed E-state index contributed by atoms with van der Waals surface area (Å²) in [7, 11) is 2.11. The highest BCUT2D eigenvalue weighted by atomic mass is 16.2. The summed E-state index contributed by atoms with van der Waals surface area (Å²) in [4.78, 5) is 17.6. The number of benzene rings is 1. The van der Waals surface area contributed by atoms with Crippen LogP contribution in [0.15, 0.2) is 36.9 Å². The van der Waals surface area contributed by atoms with Gasteiger partial charge in [0.05, 0.1) is 6.54 Å². The number of fused-ring (bicyclic) bond motifs is 2. The fraction of sp³-hybridized carbons (Fsp3) is 0.520. The van der Waals surface area contributed by atoms with Crippen molar-refractivity contribution in [2.45, 2.75) is 50.7 Å². The number of piperazine rings is 1. The maximum Gasteiger partial charge on any atom is 0.274 e. The van der Waals surface area contributed by atoms with Gasteiger partial charge in [0.15, 0.2) is 5.69 Å². The second kappa shape index (κ2) is 8.60. The Hall–Kier alpha value is -2.44. The molecule has 2 aromatic rings. The minimum absolute atomic E-state index is 0.0982. The molecule has 1 N–H and O–H groups in total. The van der Waals surface area contributed by atoms with Crippen molar-refractivity contribution in [2.24, 2.45) is 0 Å². The Kier molecular flexibility index (Phi) is 5.67. The maximum atomic E-state index is 13.4. The van der Waals surface area contributed by atoms with E-state index < -0.39 is 0 Å². The lowest BCUT2D eigenvalue weighted by Crippen LogP contribution is -2.47. The number of rotatable bonds is 5. The van der Waals surface area contributed by atoms with Gasteiger partial charge in [-0.25, -0.2) is 0 Å². The number of amides is 1. The lowest BCUT2D eigenvalue weighted by molar-refractivity contribution is 0.0656. The normalized spacial score (nSPS) is 21.7. The van der Waals surface area contributed by atoms with Gasteiger partial charge in [0.25, 0.3) is 5.91 Å². The third-order valence-corrected chi connectivity index (χ3v) is 7.16. The second-order valence-corrected chi connectivity index (χ2v) is 9.32. The van der Waals surface area contributed by atoms with Gasteiger partial charge in [0.2, 0.25) is 0 Å². The van der Waals surface area contributed by atoms with Gasteiger partial charge in [0.1, 0.15) is 0 Å². The fourth-order valence-electron chi connectivity index (χ4n) is 5.44. The topological polar surface area (TPSA) is 53.4 Å². The zero-order valence-electron chi connectivity index (χ0n) is 18.5. The fourth-order valence-corrected chi connectivity index (χ4v) is 5.44. The number of allylic oxidation sites excluding steroid dienone is 1. The van der Waals surface area contributed by atoms with Crippen molar-refractivity contribution in [3.63, 3.8) is 0 Å². The number of likely N-dealkylation sites (N-methyl/N-ethyl adjacent to an activating group) is 1. The van der Waals surface area contributed by atoms with Crippen LogP contribution in [0.25, 0.3) is 0 Å². The van der Waals surface area contributed by atoms with Crippen LogP contribution < -0.4 is 5.32 Å². The summed E-state index contributed by atoms with van der Waals surface area (Å²) in [5.41, 5.74) is 6.00. The number of aromatic nitrogens is 2. The first-order valence-corrected chi connectivity index (χ1v) is 11.6. The van der Waals surface area contributed by atoms with Crippen LogP contribution in [0.5, 0.6) is 0 Å². The molecule has 164 valence electrons. The molecule has 31 heavy (non-hydrogen) atoms. The van der Waals surface area contributed by atoms with Crippen molar-refractivity contribution in [1.29, 1.82) is 0 Å². The van der Waals surface area contributed by atoms with Crippen molar-refractivity contribution in [2.75, 3.05) is 33.2 Å². The number of hydrogen-bond donors (Lipinski definition) is 1. The van der Waals surface area contributed by atoms with Gasteiger partial charge in [-0.2, -0.15) is 5.10 Å². The highest BCUT2D eigenvalue weighted by Crippen LogP contribution is 2.28. The first kappa shape index (κ1) is 20.5. The van der Waals surface area contributed by atoms with E-state index in [0.29, 0.717) is 24.3 Å². The van der Waals surface area contributed by atoms with Crippen molar-refractivity contribution >= 4 is 5.91 Å². The van der Waals surface area contributed by atoms with E-state index in [2.05, 4.69) is 48.1 Å². The summed E-state index contributed by atoms with van der Waals surface area (Å²) in [6.45, 7) is 7.95. The van der Waals surface area contributed by atoms with E-state index in [1.54, 1.807) is 0 Å². The van der Waals surface area contributed by atoms with E-state index in [4.69, 9.17) is 5.10 Å². The van der Waals surface area contributed by atoms with E-state index in [0.717, 1.165) is 63.8 Å². The molecule has 1 aromatic heterocycles. The molecule has 0 bridgehead atoms. The third kappa shape index (κ3) is 4.06. The predicted octanol–water partition coefficient (Wildman–Crippen LogP) is 2.07. The van der Waals surface area contributed by atoms with Crippen LogP contribution in [-0.4, -0.2) is 70.8 Å². The van der Waals surface area contributed by atoms with Crippen molar-refractivity contribution in [3.8, 4) is 0 Å². The molecule has 1 fully saturated rings. The van der Waals surface area contributed by atoms with Crippen LogP contribution in [-0.2, 0) is 32.2 Å². The van der Waals surface area contributed by atoms with Crippen LogP contribution >= 0.6 is 0 Å². The molecule has 1 saturated heterocycles. The molecule has 2 aliphatic carbocycles. The number of carbonyl (C=O) groups is 1. The van der Waals surface area contributed by atoms with Crippen molar-refractivity contribution in [1.82, 2.24) is 24.9 Å². The Balaban J connectivity index is 1.33. The van der Waals surface area contributed by atoms with Gasteiger partial charge < -0.3 is 15.1 Å². The van der Waals surface area contributed by atoms with Crippen LogP contribution in [0.2, 0.25) is 0 Å². The molecule has 0 unspecified atom stereocenters. The molecule has 1 atom stereocenters. The first-order valence-electron chi connectivity index (χ1n) is 11.6. The highest BCUT2D eigenvalue weighted by Gasteiger charge is 2.33. The molecule has 1 amide bonds. The van der Waals surface area contributed by atoms with Crippen molar-refractivity contribution in [3.05, 3.63) is 65.0 Å². The first-order chi connectivity index (χ1) is 15.1. The van der Waals surface area contributed by atoms with E-state index in [1.165, 1.54) is 16.8 Å². The van der Waals surface area contributed by atoms with Crippen LogP contribution in [0.4, 0.5) is 0 Å². The molecule has 6 nitrogen and oxygen atoms in total. The Morgan fingerprint density at radius 2 is 1.84 bits per heavy atom. The molecular formula is C25H33N5O. The molecule has 2 heterocycles. The SMILES string of the molecule is C=CCn1nc(C(=O)N2CCN(C)CC2)c2c1CC[C@H](NC1Cc3ccccc3C1)C2. The van der Waals surface area contributed by atoms with Crippen LogP contribution in [0, 0.1) is 0 Å². The molecule has 5 rings (SSSR count). The Bertz CT molecular complexity index is 947. The van der Waals surface area contributed by atoms with E-state index in [1.807, 2.05) is 15.7 Å². The van der Waals surface area contributed by atoms with Crippen molar-refractivity contribution < 1.29 is 4.79 Å². The van der Waals surface area contributed by atoms with Crippen LogP contribution in [0.1, 0.15) is 39.3 Å². The average Bonchev–Trinajstić information content (AvgIpc) is 3.35. The van der Waals surface area contributed by atoms with Gasteiger partial charge >= 0.3 is 0 Å². The van der Waals surface area contributed by atoms with E-state index >= 15 is 0 Å². The number of nitrogens with one attached hydrogen (secondary N) is 1. The third-order valence-electron chi connectivity index (χ3n) is 7.16. The molecule has 0 saturated carbocycles. The summed E-state index contributed by atoms with van der Waals surface area (Å²) in [6.07, 6.45) is 7.00. The van der Waals surface area contributed by atoms with E-state index in [9.17, 15) is 4.79 Å². The van der Waals surface area contributed by atoms with Gasteiger partial charge in [-0.05, 0) is 50.3 Å². The highest BCUT2D eigenvalue weighted by molar-refractivity contribution is 5.94. The summed E-state index contributed by atoms with van der Waals surface area (Å²) < 4.78 is 2.01. The quantitative estimate of drug-likeness (QED) is 0.754. The van der Waals surface area contributed by atoms with Gasteiger partial charge in [0, 0.05) is 49.5 Å². The summed E-state index contributed by atoms with van der Waals surface area (Å²) in [5, 5.41) is 8.70. The predicted molar refractivity (Wildman–Crippen MR) is 122 cm³/mol. The van der Waals surface area contributed by atoms with Gasteiger partial charge in [-0.3, -0.25) is 9.48 Å². The molecule has 0 radical (unpaired) electrons. The largest absolute Gasteiger partial charge is 0.335 e. The summed E-state index contributed by atoms with van der Waals surface area (Å²) in [6, 6.07) is 9.66. The standard InChI is InChI=1S/C25H33N5O/c1-3-10-30-23-9-8-20(26-21-15-18-6-4-5-7-19(18)16-21)17-22(23)24(27-30)25(31)29-13-11-28(2)12-14-29/h3-7,20-21,26H,1,8-17H2,2H3/t20-/m0/s1. The summed E-state index contributed by atoms with van der Waals surface area (Å²) >= 11 is 0. The molecular weight excluding hydrogens is 386 g/mol. The Morgan fingerprint density at radius 1 is 1.13 bits per heavy atom. The maximum absolute atomic E-state index is 13.4. The Morgan fingerprint density at radius 3 is 2.52 bits per heavy atom. The Labute approximate surface area is 184 Å². The second-order valence-electron chi connectivity index (χ2n) is 9.32. The molecule has 6 heteroatoms. The summed E-state index contributed by atoms with van der Waals surface area (Å²) in [5.74, 6) is 0.0982. The van der Waals surface area contributed by atoms with Gasteiger partial charge in [-0.15, -0.1) is 6.58 Å². The minimum atomic E-state index is 0.0982. The number of hydrogen-bond acceptors (Lipinski definition) is 4. The van der Waals surface area contributed by atoms with E-state index in [-0.39, 0.29) is 5.91 Å². The van der Waals surface area contributed by atoms with Gasteiger partial charge in [-0.1, -0.05) is 30.3 Å². The number of nitrogens with zero attached hydrogens (tertiary/aromatic N) is 4. The zero-order valence-corrected chi connectivity index (χ0v) is 18.5. The lowest BCUT2D eigenvalue weighted by Gasteiger charge is -2.32.